The molecule has 1 rings (SSSR count). The lowest BCUT2D eigenvalue weighted by Crippen LogP contribution is -2.19. The van der Waals surface area contributed by atoms with Crippen LogP contribution in [0, 0.1) is 11.8 Å². The first-order chi connectivity index (χ1) is 6.06. The predicted molar refractivity (Wildman–Crippen MR) is 47.8 cm³/mol. The lowest BCUT2D eigenvalue weighted by Gasteiger charge is -2.17. The Labute approximate surface area is 77.8 Å². The fraction of sp³-hybridized carbons (Fsp3) is 0.600. The number of hydrogen-bond acceptors (Lipinski definition) is 3. The number of hydrogen-bond donors (Lipinski definition) is 0. The van der Waals surface area contributed by atoms with Gasteiger partial charge in [0.25, 0.3) is 0 Å². The second-order valence-electron chi connectivity index (χ2n) is 3.46. The summed E-state index contributed by atoms with van der Waals surface area (Å²) in [5.41, 5.74) is 0.944. The molecule has 0 aromatic carbocycles. The van der Waals surface area contributed by atoms with E-state index in [9.17, 15) is 9.59 Å². The summed E-state index contributed by atoms with van der Waals surface area (Å²) < 4.78 is 4.49. The molecule has 1 fully saturated rings. The van der Waals surface area contributed by atoms with Gasteiger partial charge in [-0.1, -0.05) is 19.1 Å². The summed E-state index contributed by atoms with van der Waals surface area (Å²) in [7, 11) is 0. The first kappa shape index (κ1) is 9.96. The van der Waals surface area contributed by atoms with Crippen LogP contribution in [0.3, 0.4) is 0 Å². The van der Waals surface area contributed by atoms with Gasteiger partial charge in [0.15, 0.2) is 0 Å². The Bertz CT molecular complexity index is 255. The summed E-state index contributed by atoms with van der Waals surface area (Å²) in [6, 6.07) is 0. The number of rotatable bonds is 3. The highest BCUT2D eigenvalue weighted by Crippen LogP contribution is 2.30. The predicted octanol–water partition coefficient (Wildman–Crippen LogP) is 1.68. The van der Waals surface area contributed by atoms with Gasteiger partial charge in [-0.3, -0.25) is 9.59 Å². The van der Waals surface area contributed by atoms with Gasteiger partial charge in [0, 0.05) is 0 Å². The Morgan fingerprint density at radius 3 is 2.62 bits per heavy atom. The van der Waals surface area contributed by atoms with Crippen LogP contribution in [0.4, 0.5) is 0 Å². The van der Waals surface area contributed by atoms with Crippen LogP contribution in [0.5, 0.6) is 0 Å². The van der Waals surface area contributed by atoms with Gasteiger partial charge in [-0.2, -0.15) is 0 Å². The molecule has 0 spiro atoms. The molecule has 13 heavy (non-hydrogen) atoms. The zero-order valence-corrected chi connectivity index (χ0v) is 8.00. The van der Waals surface area contributed by atoms with Crippen molar-refractivity contribution in [3.8, 4) is 0 Å². The summed E-state index contributed by atoms with van der Waals surface area (Å²) >= 11 is 0. The molecule has 72 valence electrons. The lowest BCUT2D eigenvalue weighted by molar-refractivity contribution is -0.153. The van der Waals surface area contributed by atoms with Crippen molar-refractivity contribution in [1.82, 2.24) is 0 Å². The maximum absolute atomic E-state index is 11.2. The minimum atomic E-state index is -0.408. The van der Waals surface area contributed by atoms with Gasteiger partial charge in [0.05, 0.1) is 12.3 Å². The van der Waals surface area contributed by atoms with E-state index < -0.39 is 5.97 Å². The lowest BCUT2D eigenvalue weighted by atomic mass is 9.84. The van der Waals surface area contributed by atoms with E-state index >= 15 is 0 Å². The maximum atomic E-state index is 11.2. The van der Waals surface area contributed by atoms with Crippen molar-refractivity contribution in [2.45, 2.75) is 26.7 Å². The third-order valence-electron chi connectivity index (χ3n) is 2.46. The summed E-state index contributed by atoms with van der Waals surface area (Å²) in [4.78, 5) is 22.0. The zero-order valence-electron chi connectivity index (χ0n) is 8.00. The molecule has 3 heteroatoms. The average molecular weight is 182 g/mol. The molecule has 1 aliphatic rings. The molecule has 0 aromatic rings. The van der Waals surface area contributed by atoms with Crippen molar-refractivity contribution in [3.05, 3.63) is 12.2 Å². The fourth-order valence-electron chi connectivity index (χ4n) is 1.78. The van der Waals surface area contributed by atoms with E-state index in [1.54, 1.807) is 0 Å². The normalized spacial score (nSPS) is 24.3. The van der Waals surface area contributed by atoms with Crippen LogP contribution in [0.15, 0.2) is 12.2 Å². The monoisotopic (exact) mass is 182 g/mol. The van der Waals surface area contributed by atoms with Crippen molar-refractivity contribution in [1.29, 1.82) is 0 Å². The SMILES string of the molecule is C=C(C)C(CC)C1CC(=O)OC1=O. The van der Waals surface area contributed by atoms with Gasteiger partial charge in [-0.25, -0.2) is 0 Å². The van der Waals surface area contributed by atoms with Gasteiger partial charge in [-0.15, -0.1) is 0 Å². The largest absolute Gasteiger partial charge is 0.393 e. The number of esters is 2. The standard InChI is InChI=1S/C10H14O3/c1-4-7(6(2)3)8-5-9(11)13-10(8)12/h7-8H,2,4-5H2,1,3H3. The van der Waals surface area contributed by atoms with E-state index in [4.69, 9.17) is 0 Å². The fourth-order valence-corrected chi connectivity index (χ4v) is 1.78. The Kier molecular flexibility index (Phi) is 2.86. The Hall–Kier alpha value is -1.12. The molecule has 0 saturated carbocycles. The number of carbonyl (C=O) groups is 2. The van der Waals surface area contributed by atoms with E-state index in [0.29, 0.717) is 0 Å². The van der Waals surface area contributed by atoms with Crippen LogP contribution in [-0.4, -0.2) is 11.9 Å². The highest BCUT2D eigenvalue weighted by molar-refractivity contribution is 5.94. The molecule has 2 unspecified atom stereocenters. The molecule has 0 bridgehead atoms. The second kappa shape index (κ2) is 3.73. The van der Waals surface area contributed by atoms with Gasteiger partial charge in [0.1, 0.15) is 0 Å². The first-order valence-electron chi connectivity index (χ1n) is 4.46. The maximum Gasteiger partial charge on any atom is 0.317 e. The number of ether oxygens (including phenoxy) is 1. The smallest absolute Gasteiger partial charge is 0.317 e. The van der Waals surface area contributed by atoms with E-state index in [2.05, 4.69) is 11.3 Å². The van der Waals surface area contributed by atoms with Crippen molar-refractivity contribution < 1.29 is 14.3 Å². The Morgan fingerprint density at radius 2 is 2.31 bits per heavy atom. The van der Waals surface area contributed by atoms with Crippen LogP contribution in [0.25, 0.3) is 0 Å². The molecule has 1 heterocycles. The summed E-state index contributed by atoms with van der Waals surface area (Å²) in [5.74, 6) is -1.01. The van der Waals surface area contributed by atoms with E-state index in [0.717, 1.165) is 12.0 Å². The molecule has 1 saturated heterocycles. The molecular formula is C10H14O3. The average Bonchev–Trinajstić information content (AvgIpc) is 2.31. The van der Waals surface area contributed by atoms with Crippen LogP contribution in [0.2, 0.25) is 0 Å². The van der Waals surface area contributed by atoms with Crippen molar-refractivity contribution >= 4 is 11.9 Å². The number of cyclic esters (lactones) is 2. The summed E-state index contributed by atoms with van der Waals surface area (Å²) in [5, 5.41) is 0. The van der Waals surface area contributed by atoms with Gasteiger partial charge in [-0.05, 0) is 19.3 Å². The molecule has 0 N–H and O–H groups in total. The number of carbonyl (C=O) groups excluding carboxylic acids is 2. The molecule has 0 aliphatic carbocycles. The summed E-state index contributed by atoms with van der Waals surface area (Å²) in [6.07, 6.45) is 1.03. The van der Waals surface area contributed by atoms with Crippen molar-refractivity contribution in [3.63, 3.8) is 0 Å². The zero-order chi connectivity index (χ0) is 10.0. The van der Waals surface area contributed by atoms with E-state index in [-0.39, 0.29) is 24.2 Å². The van der Waals surface area contributed by atoms with Gasteiger partial charge in [0.2, 0.25) is 0 Å². The molecule has 0 amide bonds. The Morgan fingerprint density at radius 1 is 1.69 bits per heavy atom. The molecular weight excluding hydrogens is 168 g/mol. The third kappa shape index (κ3) is 1.97. The molecule has 3 nitrogen and oxygen atoms in total. The molecule has 0 aromatic heterocycles. The highest BCUT2D eigenvalue weighted by Gasteiger charge is 2.38. The van der Waals surface area contributed by atoms with E-state index in [1.165, 1.54) is 0 Å². The van der Waals surface area contributed by atoms with Gasteiger partial charge >= 0.3 is 11.9 Å². The molecule has 2 atom stereocenters. The van der Waals surface area contributed by atoms with Gasteiger partial charge < -0.3 is 4.74 Å². The van der Waals surface area contributed by atoms with Crippen molar-refractivity contribution in [2.75, 3.05) is 0 Å². The second-order valence-corrected chi connectivity index (χ2v) is 3.46. The van der Waals surface area contributed by atoms with Crippen LogP contribution >= 0.6 is 0 Å². The minimum Gasteiger partial charge on any atom is -0.393 e. The Balaban J connectivity index is 2.75. The first-order valence-corrected chi connectivity index (χ1v) is 4.46. The summed E-state index contributed by atoms with van der Waals surface area (Å²) in [6.45, 7) is 7.67. The van der Waals surface area contributed by atoms with Crippen LogP contribution in [-0.2, 0) is 14.3 Å². The van der Waals surface area contributed by atoms with Crippen molar-refractivity contribution in [2.24, 2.45) is 11.8 Å². The highest BCUT2D eigenvalue weighted by atomic mass is 16.6. The quantitative estimate of drug-likeness (QED) is 0.379. The van der Waals surface area contributed by atoms with Crippen LogP contribution < -0.4 is 0 Å². The molecule has 1 aliphatic heterocycles. The van der Waals surface area contributed by atoms with Crippen LogP contribution in [0.1, 0.15) is 26.7 Å². The molecule has 0 radical (unpaired) electrons. The van der Waals surface area contributed by atoms with E-state index in [1.807, 2.05) is 13.8 Å². The number of allylic oxidation sites excluding steroid dienone is 1. The third-order valence-corrected chi connectivity index (χ3v) is 2.46. The minimum absolute atomic E-state index is 0.0824. The topological polar surface area (TPSA) is 43.4 Å².